The van der Waals surface area contributed by atoms with Crippen LogP contribution in [0, 0.1) is 6.92 Å². The van der Waals surface area contributed by atoms with E-state index in [2.05, 4.69) is 21.2 Å². The number of benzene rings is 2. The highest BCUT2D eigenvalue weighted by atomic mass is 35.5. The molecular formula is C21H23ClN4OS. The van der Waals surface area contributed by atoms with Crippen LogP contribution in [0.15, 0.2) is 42.5 Å². The molecule has 0 saturated carbocycles. The molecule has 1 aromatic heterocycles. The van der Waals surface area contributed by atoms with E-state index in [0.29, 0.717) is 11.6 Å². The first-order valence-electron chi connectivity index (χ1n) is 9.47. The normalized spacial score (nSPS) is 15.1. The number of para-hydroxylation sites is 1. The van der Waals surface area contributed by atoms with Gasteiger partial charge in [-0.3, -0.25) is 9.69 Å². The van der Waals surface area contributed by atoms with E-state index in [1.807, 2.05) is 43.3 Å². The number of carbonyl (C=O) groups is 1. The summed E-state index contributed by atoms with van der Waals surface area (Å²) in [5.41, 5.74) is 2.71. The summed E-state index contributed by atoms with van der Waals surface area (Å²) in [4.78, 5) is 21.7. The van der Waals surface area contributed by atoms with Crippen molar-refractivity contribution < 1.29 is 4.79 Å². The van der Waals surface area contributed by atoms with Crippen LogP contribution in [0.25, 0.3) is 10.2 Å². The molecule has 0 unspecified atom stereocenters. The number of carbonyl (C=O) groups excluding carboxylic acids is 1. The topological polar surface area (TPSA) is 48.5 Å². The molecule has 1 aliphatic heterocycles. The van der Waals surface area contributed by atoms with Crippen molar-refractivity contribution in [2.75, 3.05) is 44.2 Å². The van der Waals surface area contributed by atoms with E-state index in [0.717, 1.165) is 59.2 Å². The van der Waals surface area contributed by atoms with Crippen molar-refractivity contribution >= 4 is 44.2 Å². The lowest BCUT2D eigenvalue weighted by Crippen LogP contribution is -2.48. The lowest BCUT2D eigenvalue weighted by Gasteiger charge is -2.34. The predicted octanol–water partition coefficient (Wildman–Crippen LogP) is 3.81. The van der Waals surface area contributed by atoms with Crippen LogP contribution >= 0.6 is 22.9 Å². The summed E-state index contributed by atoms with van der Waals surface area (Å²) in [5, 5.41) is 4.77. The van der Waals surface area contributed by atoms with Crippen molar-refractivity contribution in [1.29, 1.82) is 0 Å². The van der Waals surface area contributed by atoms with Gasteiger partial charge in [-0.25, -0.2) is 4.98 Å². The van der Waals surface area contributed by atoms with Gasteiger partial charge >= 0.3 is 0 Å². The molecule has 0 atom stereocenters. The molecule has 0 bridgehead atoms. The van der Waals surface area contributed by atoms with Gasteiger partial charge in [0.15, 0.2) is 5.13 Å². The van der Waals surface area contributed by atoms with Crippen LogP contribution in [-0.2, 0) is 0 Å². The Morgan fingerprint density at radius 3 is 2.71 bits per heavy atom. The largest absolute Gasteiger partial charge is 0.351 e. The van der Waals surface area contributed by atoms with Crippen LogP contribution in [0.3, 0.4) is 0 Å². The first kappa shape index (κ1) is 19.2. The summed E-state index contributed by atoms with van der Waals surface area (Å²) < 4.78 is 1.13. The second kappa shape index (κ2) is 8.47. The summed E-state index contributed by atoms with van der Waals surface area (Å²) in [5.74, 6) is -0.00584. The standard InChI is InChI=1S/C21H23ClN4OS/c1-15-4-2-5-16(14-15)20(27)23-8-9-25-10-12-26(13-11-25)21-24-19-17(22)6-3-7-18(19)28-21/h2-7,14H,8-13H2,1H3,(H,23,27). The zero-order chi connectivity index (χ0) is 19.5. The Labute approximate surface area is 173 Å². The molecule has 2 heterocycles. The number of aryl methyl sites for hydroxylation is 1. The lowest BCUT2D eigenvalue weighted by molar-refractivity contribution is 0.0947. The number of nitrogens with zero attached hydrogens (tertiary/aromatic N) is 3. The van der Waals surface area contributed by atoms with E-state index >= 15 is 0 Å². The summed E-state index contributed by atoms with van der Waals surface area (Å²) in [6.07, 6.45) is 0. The number of piperazine rings is 1. The fraction of sp³-hybridized carbons (Fsp3) is 0.333. The van der Waals surface area contributed by atoms with Crippen molar-refractivity contribution in [2.24, 2.45) is 0 Å². The third kappa shape index (κ3) is 4.29. The van der Waals surface area contributed by atoms with Crippen LogP contribution in [0.1, 0.15) is 15.9 Å². The van der Waals surface area contributed by atoms with Crippen LogP contribution in [0.4, 0.5) is 5.13 Å². The number of rotatable bonds is 5. The van der Waals surface area contributed by atoms with Gasteiger partial charge in [0.2, 0.25) is 0 Å². The number of aromatic nitrogens is 1. The molecule has 1 fully saturated rings. The molecule has 2 aromatic carbocycles. The minimum atomic E-state index is -0.00584. The molecule has 5 nitrogen and oxygen atoms in total. The molecule has 7 heteroatoms. The summed E-state index contributed by atoms with van der Waals surface area (Å²) in [7, 11) is 0. The van der Waals surface area contributed by atoms with Crippen molar-refractivity contribution in [3.8, 4) is 0 Å². The Morgan fingerprint density at radius 2 is 1.96 bits per heavy atom. The zero-order valence-electron chi connectivity index (χ0n) is 15.8. The number of nitrogens with one attached hydrogen (secondary N) is 1. The van der Waals surface area contributed by atoms with E-state index in [1.54, 1.807) is 11.3 Å². The summed E-state index contributed by atoms with van der Waals surface area (Å²) in [6, 6.07) is 13.6. The Balaban J connectivity index is 1.26. The number of fused-ring (bicyclic) bond motifs is 1. The van der Waals surface area contributed by atoms with E-state index in [-0.39, 0.29) is 5.91 Å². The Morgan fingerprint density at radius 1 is 1.18 bits per heavy atom. The van der Waals surface area contributed by atoms with Crippen LogP contribution in [0.2, 0.25) is 5.02 Å². The van der Waals surface area contributed by atoms with E-state index in [9.17, 15) is 4.79 Å². The van der Waals surface area contributed by atoms with Gasteiger partial charge < -0.3 is 10.2 Å². The van der Waals surface area contributed by atoms with Crippen LogP contribution < -0.4 is 10.2 Å². The number of halogens is 1. The molecule has 0 spiro atoms. The zero-order valence-corrected chi connectivity index (χ0v) is 17.4. The third-order valence-corrected chi connectivity index (χ3v) is 6.38. The van der Waals surface area contributed by atoms with Gasteiger partial charge in [0.1, 0.15) is 5.52 Å². The molecule has 0 aliphatic carbocycles. The van der Waals surface area contributed by atoms with Crippen LogP contribution in [-0.4, -0.2) is 55.1 Å². The molecule has 3 aromatic rings. The average molecular weight is 415 g/mol. The fourth-order valence-electron chi connectivity index (χ4n) is 3.42. The van der Waals surface area contributed by atoms with E-state index < -0.39 is 0 Å². The van der Waals surface area contributed by atoms with Gasteiger partial charge in [0.25, 0.3) is 5.91 Å². The average Bonchev–Trinajstić information content (AvgIpc) is 3.14. The quantitative estimate of drug-likeness (QED) is 0.689. The van der Waals surface area contributed by atoms with Crippen molar-refractivity contribution in [3.05, 3.63) is 58.6 Å². The van der Waals surface area contributed by atoms with Gasteiger partial charge in [-0.05, 0) is 31.2 Å². The molecule has 1 N–H and O–H groups in total. The summed E-state index contributed by atoms with van der Waals surface area (Å²) in [6.45, 7) is 7.30. The monoisotopic (exact) mass is 414 g/mol. The maximum atomic E-state index is 12.2. The highest BCUT2D eigenvalue weighted by Crippen LogP contribution is 2.33. The number of anilines is 1. The number of hydrogen-bond acceptors (Lipinski definition) is 5. The van der Waals surface area contributed by atoms with Gasteiger partial charge in [0.05, 0.1) is 9.72 Å². The maximum Gasteiger partial charge on any atom is 0.251 e. The van der Waals surface area contributed by atoms with Gasteiger partial charge in [-0.1, -0.05) is 46.7 Å². The summed E-state index contributed by atoms with van der Waals surface area (Å²) >= 11 is 7.95. The molecule has 146 valence electrons. The lowest BCUT2D eigenvalue weighted by atomic mass is 10.1. The first-order valence-corrected chi connectivity index (χ1v) is 10.7. The molecule has 1 aliphatic rings. The van der Waals surface area contributed by atoms with Gasteiger partial charge in [-0.15, -0.1) is 0 Å². The molecule has 4 rings (SSSR count). The predicted molar refractivity (Wildman–Crippen MR) is 117 cm³/mol. The Hall–Kier alpha value is -2.15. The van der Waals surface area contributed by atoms with Gasteiger partial charge in [-0.2, -0.15) is 0 Å². The van der Waals surface area contributed by atoms with Crippen molar-refractivity contribution in [3.63, 3.8) is 0 Å². The fourth-order valence-corrected chi connectivity index (χ4v) is 4.73. The van der Waals surface area contributed by atoms with E-state index in [4.69, 9.17) is 16.6 Å². The molecule has 0 radical (unpaired) electrons. The van der Waals surface area contributed by atoms with Gasteiger partial charge in [0, 0.05) is 44.8 Å². The Kier molecular flexibility index (Phi) is 5.80. The number of amides is 1. The smallest absolute Gasteiger partial charge is 0.251 e. The molecule has 1 amide bonds. The minimum Gasteiger partial charge on any atom is -0.351 e. The highest BCUT2D eigenvalue weighted by Gasteiger charge is 2.20. The number of hydrogen-bond donors (Lipinski definition) is 1. The van der Waals surface area contributed by atoms with Crippen molar-refractivity contribution in [1.82, 2.24) is 15.2 Å². The second-order valence-corrected chi connectivity index (χ2v) is 8.45. The minimum absolute atomic E-state index is 0.00584. The third-order valence-electron chi connectivity index (χ3n) is 5.00. The first-order chi connectivity index (χ1) is 13.6. The SMILES string of the molecule is Cc1cccc(C(=O)NCCN2CCN(c3nc4c(Cl)cccc4s3)CC2)c1. The molecule has 28 heavy (non-hydrogen) atoms. The second-order valence-electron chi connectivity index (χ2n) is 7.04. The van der Waals surface area contributed by atoms with Crippen LogP contribution in [0.5, 0.6) is 0 Å². The van der Waals surface area contributed by atoms with Crippen molar-refractivity contribution in [2.45, 2.75) is 6.92 Å². The molecule has 1 saturated heterocycles. The molecular weight excluding hydrogens is 392 g/mol. The highest BCUT2D eigenvalue weighted by molar-refractivity contribution is 7.22. The van der Waals surface area contributed by atoms with E-state index in [1.165, 1.54) is 0 Å². The Bertz CT molecular complexity index is 981. The number of thiazole rings is 1. The maximum absolute atomic E-state index is 12.2.